The number of aromatic amines is 1. The Hall–Kier alpha value is -2.14. The van der Waals surface area contributed by atoms with Crippen LogP contribution in [-0.4, -0.2) is 16.2 Å². The van der Waals surface area contributed by atoms with Crippen molar-refractivity contribution in [3.8, 4) is 0 Å². The SMILES string of the molecule is O=C(Nc1ccc(F)cc1)c1ccc2[nH]cc(CCCCBr)c2c1. The minimum absolute atomic E-state index is 0.198. The highest BCUT2D eigenvalue weighted by molar-refractivity contribution is 9.09. The molecule has 3 rings (SSSR count). The number of hydrogen-bond donors (Lipinski definition) is 2. The number of hydrogen-bond acceptors (Lipinski definition) is 1. The lowest BCUT2D eigenvalue weighted by molar-refractivity contribution is 0.102. The highest BCUT2D eigenvalue weighted by atomic mass is 79.9. The van der Waals surface area contributed by atoms with Crippen molar-refractivity contribution < 1.29 is 9.18 Å². The number of carbonyl (C=O) groups excluding carboxylic acids is 1. The molecule has 0 atom stereocenters. The predicted molar refractivity (Wildman–Crippen MR) is 99.4 cm³/mol. The number of fused-ring (bicyclic) bond motifs is 1. The summed E-state index contributed by atoms with van der Waals surface area (Å²) in [6, 6.07) is 11.4. The smallest absolute Gasteiger partial charge is 0.255 e. The van der Waals surface area contributed by atoms with Gasteiger partial charge in [0, 0.05) is 33.7 Å². The molecule has 24 heavy (non-hydrogen) atoms. The Morgan fingerprint density at radius 2 is 1.92 bits per heavy atom. The minimum Gasteiger partial charge on any atom is -0.361 e. The van der Waals surface area contributed by atoms with Crippen LogP contribution in [0.1, 0.15) is 28.8 Å². The normalized spacial score (nSPS) is 10.9. The highest BCUT2D eigenvalue weighted by Crippen LogP contribution is 2.22. The third-order valence-corrected chi connectivity index (χ3v) is 4.52. The molecule has 5 heteroatoms. The summed E-state index contributed by atoms with van der Waals surface area (Å²) in [6.07, 6.45) is 5.22. The molecule has 124 valence electrons. The second-order valence-corrected chi connectivity index (χ2v) is 6.47. The number of nitrogens with one attached hydrogen (secondary N) is 2. The van der Waals surface area contributed by atoms with Crippen molar-refractivity contribution in [1.29, 1.82) is 0 Å². The third kappa shape index (κ3) is 3.85. The number of amides is 1. The largest absolute Gasteiger partial charge is 0.361 e. The van der Waals surface area contributed by atoms with Crippen LogP contribution in [-0.2, 0) is 6.42 Å². The predicted octanol–water partition coefficient (Wildman–Crippen LogP) is 5.28. The zero-order valence-electron chi connectivity index (χ0n) is 13.1. The molecular weight excluding hydrogens is 371 g/mol. The number of unbranched alkanes of at least 4 members (excludes halogenated alkanes) is 1. The second-order valence-electron chi connectivity index (χ2n) is 5.68. The number of alkyl halides is 1. The molecule has 0 fully saturated rings. The Morgan fingerprint density at radius 1 is 1.12 bits per heavy atom. The van der Waals surface area contributed by atoms with Gasteiger partial charge in [-0.15, -0.1) is 0 Å². The molecule has 0 aliphatic rings. The Bertz CT molecular complexity index is 842. The van der Waals surface area contributed by atoms with Gasteiger partial charge in [0.1, 0.15) is 5.82 Å². The number of carbonyl (C=O) groups is 1. The molecule has 1 aromatic heterocycles. The van der Waals surface area contributed by atoms with Crippen LogP contribution in [0.5, 0.6) is 0 Å². The molecule has 0 aliphatic carbocycles. The number of benzene rings is 2. The maximum Gasteiger partial charge on any atom is 0.255 e. The first-order chi connectivity index (χ1) is 11.7. The molecule has 2 aromatic carbocycles. The van der Waals surface area contributed by atoms with Crippen molar-refractivity contribution in [3.63, 3.8) is 0 Å². The van der Waals surface area contributed by atoms with Gasteiger partial charge < -0.3 is 10.3 Å². The molecule has 0 unspecified atom stereocenters. The Kier molecular flexibility index (Phi) is 5.30. The van der Waals surface area contributed by atoms with Gasteiger partial charge in [0.2, 0.25) is 0 Å². The molecule has 3 aromatic rings. The average molecular weight is 389 g/mol. The number of H-pyrrole nitrogens is 1. The average Bonchev–Trinajstić information content (AvgIpc) is 2.99. The first-order valence-electron chi connectivity index (χ1n) is 7.90. The van der Waals surface area contributed by atoms with Crippen molar-refractivity contribution in [1.82, 2.24) is 4.98 Å². The summed E-state index contributed by atoms with van der Waals surface area (Å²) in [5.41, 5.74) is 3.42. The zero-order chi connectivity index (χ0) is 16.9. The van der Waals surface area contributed by atoms with Crippen molar-refractivity contribution in [3.05, 3.63) is 65.6 Å². The zero-order valence-corrected chi connectivity index (χ0v) is 14.7. The van der Waals surface area contributed by atoms with Crippen LogP contribution >= 0.6 is 15.9 Å². The van der Waals surface area contributed by atoms with E-state index in [1.54, 1.807) is 18.2 Å². The highest BCUT2D eigenvalue weighted by Gasteiger charge is 2.10. The van der Waals surface area contributed by atoms with E-state index in [-0.39, 0.29) is 11.7 Å². The van der Waals surface area contributed by atoms with Gasteiger partial charge in [-0.25, -0.2) is 4.39 Å². The maximum absolute atomic E-state index is 12.9. The van der Waals surface area contributed by atoms with Gasteiger partial charge >= 0.3 is 0 Å². The number of rotatable bonds is 6. The van der Waals surface area contributed by atoms with Crippen LogP contribution in [0.4, 0.5) is 10.1 Å². The fourth-order valence-electron chi connectivity index (χ4n) is 2.67. The molecule has 3 nitrogen and oxygen atoms in total. The van der Waals surface area contributed by atoms with E-state index >= 15 is 0 Å². The van der Waals surface area contributed by atoms with Gasteiger partial charge in [0.05, 0.1) is 0 Å². The van der Waals surface area contributed by atoms with Crippen molar-refractivity contribution in [2.75, 3.05) is 10.6 Å². The van der Waals surface area contributed by atoms with E-state index in [4.69, 9.17) is 0 Å². The first-order valence-corrected chi connectivity index (χ1v) is 9.02. The lowest BCUT2D eigenvalue weighted by atomic mass is 10.0. The van der Waals surface area contributed by atoms with Gasteiger partial charge in [-0.05, 0) is 67.3 Å². The lowest BCUT2D eigenvalue weighted by Crippen LogP contribution is -2.11. The van der Waals surface area contributed by atoms with E-state index in [0.717, 1.165) is 35.5 Å². The van der Waals surface area contributed by atoms with Gasteiger partial charge in [-0.1, -0.05) is 15.9 Å². The maximum atomic E-state index is 12.9. The number of halogens is 2. The quantitative estimate of drug-likeness (QED) is 0.438. The third-order valence-electron chi connectivity index (χ3n) is 3.96. The summed E-state index contributed by atoms with van der Waals surface area (Å²) >= 11 is 3.45. The van der Waals surface area contributed by atoms with E-state index in [1.807, 2.05) is 18.3 Å². The number of aromatic nitrogens is 1. The fraction of sp³-hybridized carbons (Fsp3) is 0.211. The monoisotopic (exact) mass is 388 g/mol. The molecular formula is C19H18BrFN2O. The summed E-state index contributed by atoms with van der Waals surface area (Å²) in [6.45, 7) is 0. The molecule has 0 radical (unpaired) electrons. The molecule has 0 saturated heterocycles. The Labute approximate surface area is 148 Å². The topological polar surface area (TPSA) is 44.9 Å². The standard InChI is InChI=1S/C19H18BrFN2O/c20-10-2-1-3-14-12-22-18-9-4-13(11-17(14)18)19(24)23-16-7-5-15(21)6-8-16/h4-9,11-12,22H,1-3,10H2,(H,23,24). The van der Waals surface area contributed by atoms with E-state index < -0.39 is 0 Å². The molecule has 0 saturated carbocycles. The summed E-state index contributed by atoms with van der Waals surface area (Å²) in [7, 11) is 0. The molecule has 0 spiro atoms. The molecule has 0 aliphatic heterocycles. The Balaban J connectivity index is 1.79. The van der Waals surface area contributed by atoms with Gasteiger partial charge in [-0.3, -0.25) is 4.79 Å². The first kappa shape index (κ1) is 16.7. The molecule has 1 amide bonds. The van der Waals surface area contributed by atoms with Crippen LogP contribution in [0.2, 0.25) is 0 Å². The summed E-state index contributed by atoms with van der Waals surface area (Å²) in [4.78, 5) is 15.7. The summed E-state index contributed by atoms with van der Waals surface area (Å²) in [5, 5.41) is 4.87. The lowest BCUT2D eigenvalue weighted by Gasteiger charge is -2.06. The van der Waals surface area contributed by atoms with Crippen LogP contribution in [0.3, 0.4) is 0 Å². The number of anilines is 1. The number of aryl methyl sites for hydroxylation is 1. The summed E-state index contributed by atoms with van der Waals surface area (Å²) in [5.74, 6) is -0.522. The van der Waals surface area contributed by atoms with Gasteiger partial charge in [0.25, 0.3) is 5.91 Å². The van der Waals surface area contributed by atoms with E-state index in [1.165, 1.54) is 17.7 Å². The van der Waals surface area contributed by atoms with Crippen LogP contribution in [0, 0.1) is 5.82 Å². The van der Waals surface area contributed by atoms with Gasteiger partial charge in [0.15, 0.2) is 0 Å². The van der Waals surface area contributed by atoms with Crippen LogP contribution < -0.4 is 5.32 Å². The van der Waals surface area contributed by atoms with Gasteiger partial charge in [-0.2, -0.15) is 0 Å². The van der Waals surface area contributed by atoms with E-state index in [9.17, 15) is 9.18 Å². The summed E-state index contributed by atoms with van der Waals surface area (Å²) < 4.78 is 12.9. The van der Waals surface area contributed by atoms with Crippen molar-refractivity contribution in [2.45, 2.75) is 19.3 Å². The fourth-order valence-corrected chi connectivity index (χ4v) is 3.07. The Morgan fingerprint density at radius 3 is 2.67 bits per heavy atom. The van der Waals surface area contributed by atoms with Crippen molar-refractivity contribution >= 4 is 38.4 Å². The van der Waals surface area contributed by atoms with Crippen LogP contribution in [0.15, 0.2) is 48.7 Å². The van der Waals surface area contributed by atoms with E-state index in [0.29, 0.717) is 11.3 Å². The molecule has 1 heterocycles. The van der Waals surface area contributed by atoms with Crippen LogP contribution in [0.25, 0.3) is 10.9 Å². The molecule has 2 N–H and O–H groups in total. The molecule has 0 bridgehead atoms. The minimum atomic E-state index is -0.324. The van der Waals surface area contributed by atoms with E-state index in [2.05, 4.69) is 26.2 Å². The van der Waals surface area contributed by atoms with Crippen molar-refractivity contribution in [2.24, 2.45) is 0 Å². The second kappa shape index (κ2) is 7.62.